The second-order valence-electron chi connectivity index (χ2n) is 5.60. The maximum absolute atomic E-state index is 13.2. The van der Waals surface area contributed by atoms with Crippen LogP contribution in [0.1, 0.15) is 13.8 Å². The number of anilines is 3. The van der Waals surface area contributed by atoms with Crippen LogP contribution < -0.4 is 9.62 Å². The van der Waals surface area contributed by atoms with Gasteiger partial charge in [0.25, 0.3) is 10.0 Å². The van der Waals surface area contributed by atoms with E-state index >= 15 is 0 Å². The van der Waals surface area contributed by atoms with Crippen molar-refractivity contribution in [2.24, 2.45) is 0 Å². The van der Waals surface area contributed by atoms with E-state index in [1.165, 1.54) is 4.31 Å². The summed E-state index contributed by atoms with van der Waals surface area (Å²) in [5.74, 6) is 0.371. The molecule has 1 aromatic carbocycles. The highest BCUT2D eigenvalue weighted by Crippen LogP contribution is 2.38. The molecule has 1 aliphatic heterocycles. The Bertz CT molecular complexity index is 819. The summed E-state index contributed by atoms with van der Waals surface area (Å²) in [6, 6.07) is 10.7. The van der Waals surface area contributed by atoms with Gasteiger partial charge in [-0.2, -0.15) is 0 Å². The van der Waals surface area contributed by atoms with Gasteiger partial charge in [-0.25, -0.2) is 13.4 Å². The van der Waals surface area contributed by atoms with Gasteiger partial charge >= 0.3 is 0 Å². The number of nitrogens with zero attached hydrogens (tertiary/aromatic N) is 3. The van der Waals surface area contributed by atoms with Crippen LogP contribution >= 0.6 is 0 Å². The molecule has 3 rings (SSSR count). The molecule has 0 aliphatic carbocycles. The van der Waals surface area contributed by atoms with Crippen molar-refractivity contribution in [3.05, 3.63) is 42.6 Å². The van der Waals surface area contributed by atoms with Crippen molar-refractivity contribution in [2.75, 3.05) is 35.8 Å². The third-order valence-electron chi connectivity index (χ3n) is 4.28. The lowest BCUT2D eigenvalue weighted by Crippen LogP contribution is -2.38. The minimum absolute atomic E-state index is 0.209. The van der Waals surface area contributed by atoms with Crippen molar-refractivity contribution in [3.63, 3.8) is 0 Å². The Balaban J connectivity index is 2.08. The number of benzene rings is 1. The van der Waals surface area contributed by atoms with E-state index in [4.69, 9.17) is 0 Å². The highest BCUT2D eigenvalue weighted by molar-refractivity contribution is 7.93. The number of aromatic nitrogens is 1. The third kappa shape index (κ3) is 2.97. The largest absolute Gasteiger partial charge is 0.337 e. The van der Waals surface area contributed by atoms with Crippen LogP contribution in [-0.2, 0) is 10.0 Å². The molecule has 0 spiro atoms. The average molecular weight is 346 g/mol. The number of fused-ring (bicyclic) bond motifs is 2. The summed E-state index contributed by atoms with van der Waals surface area (Å²) in [7, 11) is -3.66. The molecule has 2 heterocycles. The molecule has 0 radical (unpaired) electrons. The number of hydrogen-bond donors (Lipinski definition) is 1. The topological polar surface area (TPSA) is 65.5 Å². The van der Waals surface area contributed by atoms with Crippen LogP contribution in [0, 0.1) is 0 Å². The first-order chi connectivity index (χ1) is 11.6. The Labute approximate surface area is 143 Å². The number of likely N-dealkylation sites (N-methyl/N-ethyl adjacent to an activating group) is 1. The molecule has 24 heavy (non-hydrogen) atoms. The maximum atomic E-state index is 13.2. The van der Waals surface area contributed by atoms with Crippen molar-refractivity contribution in [1.82, 2.24) is 9.88 Å². The quantitative estimate of drug-likeness (QED) is 0.902. The molecule has 6 nitrogen and oxygen atoms in total. The predicted molar refractivity (Wildman–Crippen MR) is 96.3 cm³/mol. The number of rotatable bonds is 5. The van der Waals surface area contributed by atoms with E-state index in [-0.39, 0.29) is 4.90 Å². The summed E-state index contributed by atoms with van der Waals surface area (Å²) in [5, 5.41) is 3.16. The van der Waals surface area contributed by atoms with E-state index < -0.39 is 10.0 Å². The van der Waals surface area contributed by atoms with Crippen LogP contribution in [0.15, 0.2) is 47.5 Å². The summed E-state index contributed by atoms with van der Waals surface area (Å²) in [6.07, 6.45) is 1.59. The minimum atomic E-state index is -3.66. The lowest BCUT2D eigenvalue weighted by Gasteiger charge is -2.27. The number of nitrogens with one attached hydrogen (secondary N) is 1. The third-order valence-corrected chi connectivity index (χ3v) is 6.12. The van der Waals surface area contributed by atoms with E-state index in [1.807, 2.05) is 24.3 Å². The molecule has 0 saturated heterocycles. The summed E-state index contributed by atoms with van der Waals surface area (Å²) in [5.41, 5.74) is 1.40. The number of para-hydroxylation sites is 2. The maximum Gasteiger partial charge on any atom is 0.268 e. The average Bonchev–Trinajstić information content (AvgIpc) is 2.68. The van der Waals surface area contributed by atoms with Crippen LogP contribution in [0.4, 0.5) is 17.2 Å². The Kier molecular flexibility index (Phi) is 4.73. The van der Waals surface area contributed by atoms with Crippen LogP contribution in [0.3, 0.4) is 0 Å². The molecule has 0 saturated carbocycles. The summed E-state index contributed by atoms with van der Waals surface area (Å²) in [6.45, 7) is 7.02. The van der Waals surface area contributed by atoms with Crippen molar-refractivity contribution >= 4 is 27.2 Å². The van der Waals surface area contributed by atoms with Gasteiger partial charge < -0.3 is 10.2 Å². The molecule has 128 valence electrons. The van der Waals surface area contributed by atoms with Gasteiger partial charge in [-0.1, -0.05) is 26.0 Å². The molecular formula is C17H22N4O2S. The Morgan fingerprint density at radius 2 is 1.88 bits per heavy atom. The van der Waals surface area contributed by atoms with Crippen LogP contribution in [-0.4, -0.2) is 44.5 Å². The van der Waals surface area contributed by atoms with E-state index in [0.29, 0.717) is 24.6 Å². The number of pyridine rings is 1. The molecule has 0 fully saturated rings. The van der Waals surface area contributed by atoms with Crippen molar-refractivity contribution in [3.8, 4) is 0 Å². The van der Waals surface area contributed by atoms with Gasteiger partial charge in [0.05, 0.1) is 11.4 Å². The lowest BCUT2D eigenvalue weighted by atomic mass is 10.2. The van der Waals surface area contributed by atoms with Gasteiger partial charge in [-0.15, -0.1) is 0 Å². The highest BCUT2D eigenvalue weighted by atomic mass is 32.2. The monoisotopic (exact) mass is 346 g/mol. The van der Waals surface area contributed by atoms with E-state index in [2.05, 4.69) is 29.0 Å². The van der Waals surface area contributed by atoms with Crippen molar-refractivity contribution in [1.29, 1.82) is 0 Å². The molecular weight excluding hydrogens is 324 g/mol. The zero-order chi connectivity index (χ0) is 17.2. The van der Waals surface area contributed by atoms with Gasteiger partial charge in [-0.05, 0) is 37.4 Å². The molecule has 0 bridgehead atoms. The van der Waals surface area contributed by atoms with Crippen molar-refractivity contribution < 1.29 is 8.42 Å². The molecule has 0 unspecified atom stereocenters. The van der Waals surface area contributed by atoms with E-state index in [0.717, 1.165) is 18.8 Å². The zero-order valence-electron chi connectivity index (χ0n) is 13.9. The predicted octanol–water partition coefficient (Wildman–Crippen LogP) is 2.68. The van der Waals surface area contributed by atoms with Crippen LogP contribution in [0.25, 0.3) is 0 Å². The molecule has 1 aliphatic rings. The zero-order valence-corrected chi connectivity index (χ0v) is 14.8. The van der Waals surface area contributed by atoms with Crippen molar-refractivity contribution in [2.45, 2.75) is 18.7 Å². The molecule has 1 aromatic heterocycles. The van der Waals surface area contributed by atoms with E-state index in [9.17, 15) is 8.42 Å². The van der Waals surface area contributed by atoms with Gasteiger partial charge in [0.15, 0.2) is 5.82 Å². The molecule has 2 aromatic rings. The second-order valence-corrected chi connectivity index (χ2v) is 7.43. The standard InChI is InChI=1S/C17H22N4O2S/c1-3-20(4-2)12-13-21-15-9-6-5-8-14(15)19-17-16(24(21,22)23)10-7-11-18-17/h5-11H,3-4,12-13H2,1-2H3,(H,18,19). The number of sulfonamides is 1. The molecule has 0 amide bonds. The molecule has 1 N–H and O–H groups in total. The summed E-state index contributed by atoms with van der Waals surface area (Å²) in [4.78, 5) is 6.63. The first kappa shape index (κ1) is 16.7. The fraction of sp³-hybridized carbons (Fsp3) is 0.353. The minimum Gasteiger partial charge on any atom is -0.337 e. The fourth-order valence-electron chi connectivity index (χ4n) is 2.88. The van der Waals surface area contributed by atoms with Gasteiger partial charge in [0, 0.05) is 19.3 Å². The van der Waals surface area contributed by atoms with Gasteiger partial charge in [0.2, 0.25) is 0 Å². The highest BCUT2D eigenvalue weighted by Gasteiger charge is 2.32. The number of hydrogen-bond acceptors (Lipinski definition) is 5. The van der Waals surface area contributed by atoms with Crippen LogP contribution in [0.5, 0.6) is 0 Å². The van der Waals surface area contributed by atoms with Gasteiger partial charge in [0.1, 0.15) is 4.90 Å². The Morgan fingerprint density at radius 3 is 2.62 bits per heavy atom. The second kappa shape index (κ2) is 6.78. The summed E-state index contributed by atoms with van der Waals surface area (Å²) >= 11 is 0. The van der Waals surface area contributed by atoms with E-state index in [1.54, 1.807) is 18.3 Å². The molecule has 0 atom stereocenters. The first-order valence-corrected chi connectivity index (χ1v) is 9.58. The summed E-state index contributed by atoms with van der Waals surface area (Å²) < 4.78 is 27.9. The first-order valence-electron chi connectivity index (χ1n) is 8.14. The smallest absolute Gasteiger partial charge is 0.268 e. The van der Waals surface area contributed by atoms with Crippen LogP contribution in [0.2, 0.25) is 0 Å². The lowest BCUT2D eigenvalue weighted by molar-refractivity contribution is 0.313. The fourth-order valence-corrected chi connectivity index (χ4v) is 4.45. The Morgan fingerprint density at radius 1 is 1.12 bits per heavy atom. The molecule has 7 heteroatoms. The van der Waals surface area contributed by atoms with Gasteiger partial charge in [-0.3, -0.25) is 4.31 Å². The Hall–Kier alpha value is -2.12. The normalized spacial score (nSPS) is 15.4. The SMILES string of the molecule is CCN(CC)CCN1c2ccccc2Nc2ncccc2S1(=O)=O.